The monoisotopic (exact) mass is 212 g/mol. The highest BCUT2D eigenvalue weighted by Gasteiger charge is 2.41. The maximum Gasteiger partial charge on any atom is 0.223 e. The molecule has 0 radical (unpaired) electrons. The van der Waals surface area contributed by atoms with Gasteiger partial charge in [0.2, 0.25) is 5.91 Å². The molecule has 0 bridgehead atoms. The van der Waals surface area contributed by atoms with Crippen LogP contribution in [0.2, 0.25) is 0 Å². The van der Waals surface area contributed by atoms with Gasteiger partial charge in [-0.2, -0.15) is 0 Å². The molecule has 1 amide bonds. The molecule has 1 unspecified atom stereocenters. The van der Waals surface area contributed by atoms with Gasteiger partial charge in [0.1, 0.15) is 0 Å². The standard InChI is InChI=1S/C12H24N2O/c1-9(2)14-8-10(7-11(14)15)12(3,4)13(5)6/h9-10H,7-8H2,1-6H3. The van der Waals surface area contributed by atoms with Crippen molar-refractivity contribution in [1.29, 1.82) is 0 Å². The van der Waals surface area contributed by atoms with E-state index in [0.717, 1.165) is 6.54 Å². The summed E-state index contributed by atoms with van der Waals surface area (Å²) in [5, 5.41) is 0. The molecule has 15 heavy (non-hydrogen) atoms. The van der Waals surface area contributed by atoms with Crippen LogP contribution in [-0.2, 0) is 4.79 Å². The molecule has 88 valence electrons. The fourth-order valence-electron chi connectivity index (χ4n) is 2.07. The summed E-state index contributed by atoms with van der Waals surface area (Å²) in [6.07, 6.45) is 0.698. The van der Waals surface area contributed by atoms with Crippen molar-refractivity contribution in [3.8, 4) is 0 Å². The van der Waals surface area contributed by atoms with Gasteiger partial charge in [-0.25, -0.2) is 0 Å². The summed E-state index contributed by atoms with van der Waals surface area (Å²) in [5.74, 6) is 0.757. The van der Waals surface area contributed by atoms with Gasteiger partial charge >= 0.3 is 0 Å². The fourth-order valence-corrected chi connectivity index (χ4v) is 2.07. The second-order valence-electron chi connectivity index (χ2n) is 5.59. The van der Waals surface area contributed by atoms with Crippen LogP contribution in [0.1, 0.15) is 34.1 Å². The second kappa shape index (κ2) is 4.12. The Labute approximate surface area is 93.4 Å². The zero-order valence-corrected chi connectivity index (χ0v) is 10.9. The minimum atomic E-state index is 0.0965. The van der Waals surface area contributed by atoms with E-state index in [0.29, 0.717) is 24.3 Å². The van der Waals surface area contributed by atoms with Crippen LogP contribution < -0.4 is 0 Å². The van der Waals surface area contributed by atoms with Crippen molar-refractivity contribution in [1.82, 2.24) is 9.80 Å². The zero-order valence-electron chi connectivity index (χ0n) is 10.9. The molecule has 1 atom stereocenters. The average Bonchev–Trinajstić information content (AvgIpc) is 2.47. The average molecular weight is 212 g/mol. The Hall–Kier alpha value is -0.570. The Morgan fingerprint density at radius 1 is 1.40 bits per heavy atom. The number of rotatable bonds is 3. The highest BCUT2D eigenvalue weighted by Crippen LogP contribution is 2.32. The number of carbonyl (C=O) groups excluding carboxylic acids is 1. The lowest BCUT2D eigenvalue weighted by molar-refractivity contribution is -0.129. The summed E-state index contributed by atoms with van der Waals surface area (Å²) in [7, 11) is 4.17. The van der Waals surface area contributed by atoms with E-state index in [1.807, 2.05) is 4.90 Å². The van der Waals surface area contributed by atoms with Crippen molar-refractivity contribution in [3.05, 3.63) is 0 Å². The number of carbonyl (C=O) groups is 1. The number of nitrogens with zero attached hydrogens (tertiary/aromatic N) is 2. The van der Waals surface area contributed by atoms with Crippen molar-refractivity contribution in [2.75, 3.05) is 20.6 Å². The van der Waals surface area contributed by atoms with Crippen LogP contribution in [0.15, 0.2) is 0 Å². The molecule has 1 rings (SSSR count). The molecule has 0 N–H and O–H groups in total. The third-order valence-electron chi connectivity index (χ3n) is 3.93. The first kappa shape index (κ1) is 12.5. The lowest BCUT2D eigenvalue weighted by atomic mass is 9.85. The summed E-state index contributed by atoms with van der Waals surface area (Å²) in [6.45, 7) is 9.51. The molecule has 3 nitrogen and oxygen atoms in total. The highest BCUT2D eigenvalue weighted by molar-refractivity contribution is 5.79. The molecule has 0 aromatic rings. The van der Waals surface area contributed by atoms with Crippen LogP contribution in [0.3, 0.4) is 0 Å². The van der Waals surface area contributed by atoms with Crippen LogP contribution >= 0.6 is 0 Å². The van der Waals surface area contributed by atoms with Crippen molar-refractivity contribution < 1.29 is 4.79 Å². The Morgan fingerprint density at radius 2 is 1.93 bits per heavy atom. The van der Waals surface area contributed by atoms with E-state index < -0.39 is 0 Å². The molecule has 1 saturated heterocycles. The number of hydrogen-bond acceptors (Lipinski definition) is 2. The van der Waals surface area contributed by atoms with Gasteiger partial charge in [-0.15, -0.1) is 0 Å². The number of amides is 1. The molecule has 1 aliphatic heterocycles. The van der Waals surface area contributed by atoms with Gasteiger partial charge in [0.25, 0.3) is 0 Å². The summed E-state index contributed by atoms with van der Waals surface area (Å²) in [5.41, 5.74) is 0.0965. The van der Waals surface area contributed by atoms with E-state index >= 15 is 0 Å². The van der Waals surface area contributed by atoms with Crippen molar-refractivity contribution in [2.24, 2.45) is 5.92 Å². The van der Waals surface area contributed by atoms with Crippen molar-refractivity contribution in [2.45, 2.75) is 45.7 Å². The normalized spacial score (nSPS) is 23.3. The topological polar surface area (TPSA) is 23.6 Å². The molecule has 0 aliphatic carbocycles. The number of likely N-dealkylation sites (tertiary alicyclic amines) is 1. The summed E-state index contributed by atoms with van der Waals surface area (Å²) < 4.78 is 0. The third kappa shape index (κ3) is 2.33. The van der Waals surface area contributed by atoms with Crippen LogP contribution in [0.4, 0.5) is 0 Å². The van der Waals surface area contributed by atoms with E-state index in [9.17, 15) is 4.79 Å². The summed E-state index contributed by atoms with van der Waals surface area (Å²) in [4.78, 5) is 16.0. The smallest absolute Gasteiger partial charge is 0.223 e. The lowest BCUT2D eigenvalue weighted by Crippen LogP contribution is -2.46. The van der Waals surface area contributed by atoms with Crippen LogP contribution in [0.25, 0.3) is 0 Å². The largest absolute Gasteiger partial charge is 0.340 e. The summed E-state index contributed by atoms with van der Waals surface area (Å²) in [6, 6.07) is 0.334. The molecule has 0 saturated carbocycles. The molecular weight excluding hydrogens is 188 g/mol. The Balaban J connectivity index is 2.74. The predicted octanol–water partition coefficient (Wildman–Crippen LogP) is 1.58. The Bertz CT molecular complexity index is 246. The van der Waals surface area contributed by atoms with E-state index in [-0.39, 0.29) is 5.54 Å². The molecule has 1 heterocycles. The third-order valence-corrected chi connectivity index (χ3v) is 3.93. The van der Waals surface area contributed by atoms with Crippen LogP contribution in [0, 0.1) is 5.92 Å². The van der Waals surface area contributed by atoms with E-state index in [1.165, 1.54) is 0 Å². The molecule has 1 fully saturated rings. The van der Waals surface area contributed by atoms with Gasteiger partial charge in [0, 0.05) is 30.5 Å². The van der Waals surface area contributed by atoms with Gasteiger partial charge in [0.05, 0.1) is 0 Å². The SMILES string of the molecule is CC(C)N1CC(C(C)(C)N(C)C)CC1=O. The lowest BCUT2D eigenvalue weighted by Gasteiger charge is -2.38. The Morgan fingerprint density at radius 3 is 2.27 bits per heavy atom. The van der Waals surface area contributed by atoms with Gasteiger partial charge in [-0.3, -0.25) is 4.79 Å². The predicted molar refractivity (Wildman–Crippen MR) is 62.7 cm³/mol. The maximum atomic E-state index is 11.8. The molecule has 0 spiro atoms. The van der Waals surface area contributed by atoms with Crippen molar-refractivity contribution >= 4 is 5.91 Å². The van der Waals surface area contributed by atoms with E-state index in [1.54, 1.807) is 0 Å². The Kier molecular flexibility index (Phi) is 3.44. The first-order valence-electron chi connectivity index (χ1n) is 5.73. The number of hydrogen-bond donors (Lipinski definition) is 0. The minimum absolute atomic E-state index is 0.0965. The first-order chi connectivity index (χ1) is 6.76. The van der Waals surface area contributed by atoms with E-state index in [4.69, 9.17) is 0 Å². The fraction of sp³-hybridized carbons (Fsp3) is 0.917. The highest BCUT2D eigenvalue weighted by atomic mass is 16.2. The molecule has 0 aromatic carbocycles. The van der Waals surface area contributed by atoms with Gasteiger partial charge < -0.3 is 9.80 Å². The summed E-state index contributed by atoms with van der Waals surface area (Å²) >= 11 is 0. The van der Waals surface area contributed by atoms with E-state index in [2.05, 4.69) is 46.7 Å². The quantitative estimate of drug-likeness (QED) is 0.709. The van der Waals surface area contributed by atoms with Crippen molar-refractivity contribution in [3.63, 3.8) is 0 Å². The molecule has 0 aromatic heterocycles. The second-order valence-corrected chi connectivity index (χ2v) is 5.59. The molecular formula is C12H24N2O. The van der Waals surface area contributed by atoms with Crippen LogP contribution in [-0.4, -0.2) is 47.9 Å². The molecule has 3 heteroatoms. The van der Waals surface area contributed by atoms with Gasteiger partial charge in [-0.05, 0) is 41.8 Å². The van der Waals surface area contributed by atoms with Gasteiger partial charge in [0.15, 0.2) is 0 Å². The first-order valence-corrected chi connectivity index (χ1v) is 5.73. The van der Waals surface area contributed by atoms with Crippen LogP contribution in [0.5, 0.6) is 0 Å². The zero-order chi connectivity index (χ0) is 11.8. The maximum absolute atomic E-state index is 11.8. The molecule has 1 aliphatic rings. The van der Waals surface area contributed by atoms with Gasteiger partial charge in [-0.1, -0.05) is 0 Å². The minimum Gasteiger partial charge on any atom is -0.340 e.